The lowest BCUT2D eigenvalue weighted by molar-refractivity contribution is -0.131. The number of rotatable bonds is 5. The predicted octanol–water partition coefficient (Wildman–Crippen LogP) is 1.97. The van der Waals surface area contributed by atoms with E-state index in [2.05, 4.69) is 12.2 Å². The van der Waals surface area contributed by atoms with Crippen LogP contribution < -0.4 is 5.32 Å². The maximum Gasteiger partial charge on any atom is 0.224 e. The summed E-state index contributed by atoms with van der Waals surface area (Å²) in [6.45, 7) is 4.78. The second-order valence-corrected chi connectivity index (χ2v) is 4.39. The van der Waals surface area contributed by atoms with E-state index in [9.17, 15) is 4.79 Å². The maximum absolute atomic E-state index is 11.8. The quantitative estimate of drug-likeness (QED) is 0.649. The molecule has 0 spiro atoms. The first kappa shape index (κ1) is 11.2. The van der Waals surface area contributed by atoms with Crippen LogP contribution in [0.4, 0.5) is 0 Å². The second-order valence-electron chi connectivity index (χ2n) is 4.39. The summed E-state index contributed by atoms with van der Waals surface area (Å²) in [6.07, 6.45) is 5.43. The van der Waals surface area contributed by atoms with Gasteiger partial charge in [0.2, 0.25) is 5.91 Å². The first-order valence-electron chi connectivity index (χ1n) is 5.40. The van der Waals surface area contributed by atoms with Crippen molar-refractivity contribution in [2.45, 2.75) is 39.5 Å². The van der Waals surface area contributed by atoms with Gasteiger partial charge in [-0.15, -0.1) is 0 Å². The Morgan fingerprint density at radius 1 is 1.64 bits per heavy atom. The van der Waals surface area contributed by atoms with Crippen molar-refractivity contribution in [1.82, 2.24) is 5.32 Å². The van der Waals surface area contributed by atoms with Crippen LogP contribution in [0.25, 0.3) is 0 Å². The fourth-order valence-electron chi connectivity index (χ4n) is 2.21. The molecule has 3 heteroatoms. The van der Waals surface area contributed by atoms with Gasteiger partial charge in [0.25, 0.3) is 0 Å². The summed E-state index contributed by atoms with van der Waals surface area (Å²) in [5.41, 5.74) is 0.150. The summed E-state index contributed by atoms with van der Waals surface area (Å²) >= 11 is 0. The Morgan fingerprint density at radius 3 is 2.64 bits per heavy atom. The third kappa shape index (κ3) is 2.14. The number of carbonyl (C=O) groups excluding carboxylic acids is 1. The van der Waals surface area contributed by atoms with E-state index >= 15 is 0 Å². The van der Waals surface area contributed by atoms with Gasteiger partial charge in [-0.1, -0.05) is 13.3 Å². The highest BCUT2D eigenvalue weighted by Gasteiger charge is 2.42. The highest BCUT2D eigenvalue weighted by Crippen LogP contribution is 2.47. The topological polar surface area (TPSA) is 53.0 Å². The molecule has 0 bridgehead atoms. The molecule has 0 heterocycles. The third-order valence-electron chi connectivity index (χ3n) is 3.36. The Balaban J connectivity index is 2.62. The van der Waals surface area contributed by atoms with Crippen molar-refractivity contribution < 1.29 is 4.79 Å². The lowest BCUT2D eigenvalue weighted by Gasteiger charge is -2.43. The van der Waals surface area contributed by atoms with Crippen LogP contribution >= 0.6 is 0 Å². The van der Waals surface area contributed by atoms with E-state index in [4.69, 9.17) is 5.41 Å². The van der Waals surface area contributed by atoms with Crippen molar-refractivity contribution in [1.29, 1.82) is 5.41 Å². The molecule has 0 aromatic rings. The Kier molecular flexibility index (Phi) is 3.67. The van der Waals surface area contributed by atoms with Crippen LogP contribution in [0.15, 0.2) is 0 Å². The summed E-state index contributed by atoms with van der Waals surface area (Å²) in [5, 5.41) is 10.00. The molecule has 80 valence electrons. The molecule has 0 aromatic heterocycles. The predicted molar refractivity (Wildman–Crippen MR) is 57.5 cm³/mol. The van der Waals surface area contributed by atoms with Crippen molar-refractivity contribution in [2.75, 3.05) is 6.54 Å². The molecule has 1 saturated carbocycles. The highest BCUT2D eigenvalue weighted by atomic mass is 16.1. The smallest absolute Gasteiger partial charge is 0.224 e. The molecule has 1 aliphatic rings. The average Bonchev–Trinajstić information content (AvgIpc) is 2.11. The van der Waals surface area contributed by atoms with Crippen molar-refractivity contribution in [3.63, 3.8) is 0 Å². The number of carbonyl (C=O) groups is 1. The van der Waals surface area contributed by atoms with Crippen LogP contribution in [0.1, 0.15) is 39.5 Å². The average molecular weight is 196 g/mol. The van der Waals surface area contributed by atoms with Crippen LogP contribution in [0.3, 0.4) is 0 Å². The zero-order valence-electron chi connectivity index (χ0n) is 9.10. The summed E-state index contributed by atoms with van der Waals surface area (Å²) in [4.78, 5) is 11.8. The summed E-state index contributed by atoms with van der Waals surface area (Å²) in [7, 11) is 0. The van der Waals surface area contributed by atoms with Gasteiger partial charge in [-0.05, 0) is 37.8 Å². The molecule has 0 unspecified atom stereocenters. The monoisotopic (exact) mass is 196 g/mol. The molecule has 3 nitrogen and oxygen atoms in total. The molecule has 1 amide bonds. The van der Waals surface area contributed by atoms with Crippen molar-refractivity contribution in [3.05, 3.63) is 0 Å². The minimum atomic E-state index is 0.00806. The number of nitrogens with one attached hydrogen (secondary N) is 2. The molecule has 0 aliphatic heterocycles. The fraction of sp³-hybridized carbons (Fsp3) is 0.818. The minimum Gasteiger partial charge on any atom is -0.356 e. The summed E-state index contributed by atoms with van der Waals surface area (Å²) in [5.74, 6) is 0.131. The molecule has 0 radical (unpaired) electrons. The fourth-order valence-corrected chi connectivity index (χ4v) is 2.21. The lowest BCUT2D eigenvalue weighted by Crippen LogP contribution is -2.44. The first-order chi connectivity index (χ1) is 6.64. The molecule has 1 rings (SSSR count). The zero-order chi connectivity index (χ0) is 10.6. The molecular formula is C11H20N2O. The molecular weight excluding hydrogens is 176 g/mol. The Morgan fingerprint density at radius 2 is 2.29 bits per heavy atom. The van der Waals surface area contributed by atoms with Crippen LogP contribution in [0, 0.1) is 16.7 Å². The van der Waals surface area contributed by atoms with E-state index in [-0.39, 0.29) is 17.2 Å². The van der Waals surface area contributed by atoms with E-state index in [1.807, 2.05) is 6.92 Å². The van der Waals surface area contributed by atoms with Gasteiger partial charge in [-0.3, -0.25) is 4.79 Å². The lowest BCUT2D eigenvalue weighted by atomic mass is 9.61. The van der Waals surface area contributed by atoms with Gasteiger partial charge in [0, 0.05) is 12.5 Å². The van der Waals surface area contributed by atoms with E-state index in [1.54, 1.807) is 0 Å². The van der Waals surface area contributed by atoms with Crippen LogP contribution in [0.2, 0.25) is 0 Å². The second kappa shape index (κ2) is 4.58. The van der Waals surface area contributed by atoms with Gasteiger partial charge >= 0.3 is 0 Å². The van der Waals surface area contributed by atoms with E-state index < -0.39 is 0 Å². The van der Waals surface area contributed by atoms with E-state index in [1.165, 1.54) is 12.6 Å². The van der Waals surface area contributed by atoms with Gasteiger partial charge in [-0.2, -0.15) is 0 Å². The van der Waals surface area contributed by atoms with Crippen molar-refractivity contribution in [3.8, 4) is 0 Å². The van der Waals surface area contributed by atoms with Crippen LogP contribution in [-0.2, 0) is 4.79 Å². The largest absolute Gasteiger partial charge is 0.356 e. The molecule has 14 heavy (non-hydrogen) atoms. The number of hydrogen-bond acceptors (Lipinski definition) is 2. The molecule has 0 aromatic carbocycles. The Labute approximate surface area is 85.8 Å². The van der Waals surface area contributed by atoms with Crippen LogP contribution in [-0.4, -0.2) is 18.7 Å². The summed E-state index contributed by atoms with van der Waals surface area (Å²) < 4.78 is 0. The molecule has 1 atom stereocenters. The minimum absolute atomic E-state index is 0.00806. The molecule has 1 aliphatic carbocycles. The van der Waals surface area contributed by atoms with Gasteiger partial charge in [0.15, 0.2) is 0 Å². The van der Waals surface area contributed by atoms with Gasteiger partial charge in [0.1, 0.15) is 0 Å². The highest BCUT2D eigenvalue weighted by molar-refractivity contribution is 5.82. The SMILES string of the molecule is CCNC(=O)[C@H](CC=N)C1(C)CCC1. The Hall–Kier alpha value is -0.860. The first-order valence-corrected chi connectivity index (χ1v) is 5.40. The standard InChI is InChI=1S/C11H20N2O/c1-3-13-10(14)9(5-8-12)11(2)6-4-7-11/h8-9,12H,3-7H2,1-2H3,(H,13,14)/t9-/m0/s1. The van der Waals surface area contributed by atoms with Gasteiger partial charge in [-0.25, -0.2) is 0 Å². The molecule has 2 N–H and O–H groups in total. The van der Waals surface area contributed by atoms with E-state index in [0.29, 0.717) is 13.0 Å². The summed E-state index contributed by atoms with van der Waals surface area (Å²) in [6, 6.07) is 0. The van der Waals surface area contributed by atoms with Gasteiger partial charge in [0.05, 0.1) is 0 Å². The van der Waals surface area contributed by atoms with E-state index in [0.717, 1.165) is 12.8 Å². The van der Waals surface area contributed by atoms with Crippen molar-refractivity contribution >= 4 is 12.1 Å². The number of amides is 1. The van der Waals surface area contributed by atoms with Crippen molar-refractivity contribution in [2.24, 2.45) is 11.3 Å². The Bertz CT molecular complexity index is 221. The van der Waals surface area contributed by atoms with Gasteiger partial charge < -0.3 is 10.7 Å². The maximum atomic E-state index is 11.8. The molecule has 0 saturated heterocycles. The number of hydrogen-bond donors (Lipinski definition) is 2. The molecule has 1 fully saturated rings. The zero-order valence-corrected chi connectivity index (χ0v) is 9.10. The van der Waals surface area contributed by atoms with Crippen LogP contribution in [0.5, 0.6) is 0 Å². The normalized spacial score (nSPS) is 20.7. The third-order valence-corrected chi connectivity index (χ3v) is 3.36.